The van der Waals surface area contributed by atoms with Crippen LogP contribution in [0.1, 0.15) is 39.6 Å². The van der Waals surface area contributed by atoms with E-state index in [2.05, 4.69) is 10.1 Å². The maximum atomic E-state index is 11.9. The zero-order chi connectivity index (χ0) is 14.6. The molecule has 0 aliphatic carbocycles. The van der Waals surface area contributed by atoms with Gasteiger partial charge in [-0.2, -0.15) is 5.10 Å². The van der Waals surface area contributed by atoms with Crippen molar-refractivity contribution in [2.24, 2.45) is 5.41 Å². The van der Waals surface area contributed by atoms with Gasteiger partial charge in [-0.3, -0.25) is 9.59 Å². The minimum Gasteiger partial charge on any atom is -0.480 e. The predicted octanol–water partition coefficient (Wildman–Crippen LogP) is 1.06. The lowest BCUT2D eigenvalue weighted by Crippen LogP contribution is -2.40. The van der Waals surface area contributed by atoms with Crippen molar-refractivity contribution < 1.29 is 19.4 Å². The molecule has 0 fully saturated rings. The van der Waals surface area contributed by atoms with E-state index in [1.54, 1.807) is 11.6 Å². The summed E-state index contributed by atoms with van der Waals surface area (Å²) in [5.74, 6) is -1.54. The van der Waals surface area contributed by atoms with Crippen molar-refractivity contribution in [3.63, 3.8) is 0 Å². The van der Waals surface area contributed by atoms with E-state index in [1.165, 1.54) is 13.3 Å². The highest BCUT2D eigenvalue weighted by molar-refractivity contribution is 5.98. The average molecular weight is 269 g/mol. The number of aromatic nitrogens is 3. The van der Waals surface area contributed by atoms with Crippen molar-refractivity contribution in [1.82, 2.24) is 14.8 Å². The number of nitrogens with zero attached hydrogens (tertiary/aromatic N) is 3. The number of hydrogen-bond donors (Lipinski definition) is 1. The van der Waals surface area contributed by atoms with E-state index < -0.39 is 17.4 Å². The van der Waals surface area contributed by atoms with E-state index in [-0.39, 0.29) is 19.1 Å². The molecule has 0 saturated heterocycles. The fraction of sp³-hybridized carbons (Fsp3) is 0.667. The maximum Gasteiger partial charge on any atom is 0.323 e. The number of ether oxygens (including phenoxy) is 1. The summed E-state index contributed by atoms with van der Waals surface area (Å²) >= 11 is 0. The number of hydrogen-bond acceptors (Lipinski definition) is 5. The van der Waals surface area contributed by atoms with Crippen LogP contribution in [0.5, 0.6) is 0 Å². The van der Waals surface area contributed by atoms with Gasteiger partial charge in [0.2, 0.25) is 0 Å². The van der Waals surface area contributed by atoms with Gasteiger partial charge in [-0.15, -0.1) is 0 Å². The van der Waals surface area contributed by atoms with Gasteiger partial charge in [0, 0.05) is 12.5 Å². The molecule has 1 atom stereocenters. The molecule has 1 aromatic rings. The highest BCUT2D eigenvalue weighted by atomic mass is 16.5. The van der Waals surface area contributed by atoms with Crippen LogP contribution in [0.3, 0.4) is 0 Å². The number of esters is 1. The molecule has 1 aromatic heterocycles. The number of carbonyl (C=O) groups excluding carboxylic acids is 1. The fourth-order valence-corrected chi connectivity index (χ4v) is 1.67. The number of carboxylic acids is 1. The molecule has 1 rings (SSSR count). The first-order valence-corrected chi connectivity index (χ1v) is 6.12. The van der Waals surface area contributed by atoms with E-state index >= 15 is 0 Å². The molecule has 0 aliphatic heterocycles. The van der Waals surface area contributed by atoms with Crippen molar-refractivity contribution in [3.8, 4) is 0 Å². The summed E-state index contributed by atoms with van der Waals surface area (Å²) in [6, 6.07) is 0.0396. The Bertz CT molecular complexity index is 469. The Hall–Kier alpha value is -1.92. The molecule has 0 radical (unpaired) electrons. The molecule has 7 nitrogen and oxygen atoms in total. The Morgan fingerprint density at radius 2 is 2.16 bits per heavy atom. The monoisotopic (exact) mass is 269 g/mol. The van der Waals surface area contributed by atoms with Gasteiger partial charge in [0.15, 0.2) is 5.41 Å². The number of aliphatic carboxylic acids is 1. The molecule has 106 valence electrons. The van der Waals surface area contributed by atoms with Crippen molar-refractivity contribution in [3.05, 3.63) is 12.2 Å². The van der Waals surface area contributed by atoms with E-state index in [4.69, 9.17) is 4.74 Å². The second-order valence-electron chi connectivity index (χ2n) is 4.75. The van der Waals surface area contributed by atoms with Gasteiger partial charge in [-0.25, -0.2) is 9.67 Å². The normalized spacial score (nSPS) is 14.2. The molecule has 0 bridgehead atoms. The number of rotatable bonds is 6. The summed E-state index contributed by atoms with van der Waals surface area (Å²) in [6.07, 6.45) is 1.29. The highest BCUT2D eigenvalue weighted by Gasteiger charge is 2.44. The minimum absolute atomic E-state index is 0.0396. The summed E-state index contributed by atoms with van der Waals surface area (Å²) in [5.41, 5.74) is -1.66. The van der Waals surface area contributed by atoms with E-state index in [0.29, 0.717) is 5.82 Å². The lowest BCUT2D eigenvalue weighted by molar-refractivity contribution is -0.167. The molecule has 0 aromatic carbocycles. The zero-order valence-corrected chi connectivity index (χ0v) is 11.6. The van der Waals surface area contributed by atoms with Gasteiger partial charge in [0.05, 0.1) is 6.61 Å². The van der Waals surface area contributed by atoms with Gasteiger partial charge in [-0.1, -0.05) is 0 Å². The van der Waals surface area contributed by atoms with Crippen LogP contribution in [-0.4, -0.2) is 38.4 Å². The Labute approximate surface area is 111 Å². The Morgan fingerprint density at radius 3 is 2.63 bits per heavy atom. The minimum atomic E-state index is -1.66. The van der Waals surface area contributed by atoms with Crippen LogP contribution in [0.15, 0.2) is 6.33 Å². The molecule has 0 saturated carbocycles. The molecule has 7 heteroatoms. The SMILES string of the molecule is CCOC(=O)C(C)(Cc1ncnn1C(C)C)C(=O)O. The van der Waals surface area contributed by atoms with Crippen molar-refractivity contribution >= 4 is 11.9 Å². The van der Waals surface area contributed by atoms with Crippen LogP contribution >= 0.6 is 0 Å². The van der Waals surface area contributed by atoms with E-state index in [0.717, 1.165) is 0 Å². The first-order chi connectivity index (χ1) is 8.82. The summed E-state index contributed by atoms with van der Waals surface area (Å²) < 4.78 is 6.44. The number of carbonyl (C=O) groups is 2. The third-order valence-electron chi connectivity index (χ3n) is 2.85. The van der Waals surface area contributed by atoms with Crippen molar-refractivity contribution in [2.75, 3.05) is 6.61 Å². The summed E-state index contributed by atoms with van der Waals surface area (Å²) in [7, 11) is 0. The Balaban J connectivity index is 3.05. The first kappa shape index (κ1) is 15.1. The second-order valence-corrected chi connectivity index (χ2v) is 4.75. The van der Waals surface area contributed by atoms with Crippen molar-refractivity contribution in [2.45, 2.75) is 40.2 Å². The van der Waals surface area contributed by atoms with Crippen LogP contribution in [0, 0.1) is 5.41 Å². The second kappa shape index (κ2) is 5.81. The molecule has 1 N–H and O–H groups in total. The highest BCUT2D eigenvalue weighted by Crippen LogP contribution is 2.25. The van der Waals surface area contributed by atoms with Gasteiger partial charge in [-0.05, 0) is 27.7 Å². The number of carboxylic acid groups (broad SMARTS) is 1. The summed E-state index contributed by atoms with van der Waals surface area (Å²) in [4.78, 5) is 27.3. The van der Waals surface area contributed by atoms with E-state index in [1.807, 2.05) is 13.8 Å². The van der Waals surface area contributed by atoms with Crippen LogP contribution in [-0.2, 0) is 20.7 Å². The third kappa shape index (κ3) is 3.10. The predicted molar refractivity (Wildman–Crippen MR) is 66.5 cm³/mol. The van der Waals surface area contributed by atoms with Gasteiger partial charge in [0.25, 0.3) is 0 Å². The summed E-state index contributed by atoms with van der Waals surface area (Å²) in [6.45, 7) is 6.92. The van der Waals surface area contributed by atoms with Gasteiger partial charge < -0.3 is 9.84 Å². The molecule has 0 spiro atoms. The molecule has 1 heterocycles. The molecule has 0 aliphatic rings. The third-order valence-corrected chi connectivity index (χ3v) is 2.85. The molecule has 19 heavy (non-hydrogen) atoms. The molecular weight excluding hydrogens is 250 g/mol. The smallest absolute Gasteiger partial charge is 0.323 e. The van der Waals surface area contributed by atoms with Gasteiger partial charge >= 0.3 is 11.9 Å². The molecule has 1 unspecified atom stereocenters. The molecule has 0 amide bonds. The quantitative estimate of drug-likeness (QED) is 0.613. The lowest BCUT2D eigenvalue weighted by Gasteiger charge is -2.22. The largest absolute Gasteiger partial charge is 0.480 e. The standard InChI is InChI=1S/C12H19N3O4/c1-5-19-11(18)12(4,10(16)17)6-9-13-7-14-15(9)8(2)3/h7-8H,5-6H2,1-4H3,(H,16,17). The topological polar surface area (TPSA) is 94.3 Å². The average Bonchev–Trinajstić information content (AvgIpc) is 2.76. The Kier molecular flexibility index (Phi) is 4.63. The van der Waals surface area contributed by atoms with Gasteiger partial charge in [0.1, 0.15) is 12.2 Å². The van der Waals surface area contributed by atoms with Crippen LogP contribution < -0.4 is 0 Å². The van der Waals surface area contributed by atoms with E-state index in [9.17, 15) is 14.7 Å². The summed E-state index contributed by atoms with van der Waals surface area (Å²) in [5, 5.41) is 13.3. The fourth-order valence-electron chi connectivity index (χ4n) is 1.67. The van der Waals surface area contributed by atoms with Crippen molar-refractivity contribution in [1.29, 1.82) is 0 Å². The van der Waals surface area contributed by atoms with Crippen LogP contribution in [0.4, 0.5) is 0 Å². The Morgan fingerprint density at radius 1 is 1.53 bits per heavy atom. The lowest BCUT2D eigenvalue weighted by atomic mass is 9.86. The molecular formula is C12H19N3O4. The zero-order valence-electron chi connectivity index (χ0n) is 11.6. The first-order valence-electron chi connectivity index (χ1n) is 6.12. The van der Waals surface area contributed by atoms with Crippen LogP contribution in [0.25, 0.3) is 0 Å². The maximum absolute atomic E-state index is 11.9. The van der Waals surface area contributed by atoms with Crippen LogP contribution in [0.2, 0.25) is 0 Å².